The standard InChI is InChI=1S/C8H8Br4/c1-4-7(11)5(9)3-6(10)8(4,2)12/h3-4H,1-2H3/t4-,8+/m0/s1. The van der Waals surface area contributed by atoms with Gasteiger partial charge in [-0.25, -0.2) is 0 Å². The van der Waals surface area contributed by atoms with Crippen molar-refractivity contribution in [2.45, 2.75) is 18.2 Å². The topological polar surface area (TPSA) is 0 Å². The van der Waals surface area contributed by atoms with Gasteiger partial charge in [-0.05, 0) is 28.9 Å². The van der Waals surface area contributed by atoms with Crippen LogP contribution in [0.15, 0.2) is 19.5 Å². The minimum Gasteiger partial charge on any atom is -0.0792 e. The lowest BCUT2D eigenvalue weighted by molar-refractivity contribution is 0.599. The quantitative estimate of drug-likeness (QED) is 0.477. The minimum absolute atomic E-state index is 0.00308. The lowest BCUT2D eigenvalue weighted by Crippen LogP contribution is -2.28. The summed E-state index contributed by atoms with van der Waals surface area (Å²) in [5.74, 6) is 0.422. The van der Waals surface area contributed by atoms with Gasteiger partial charge >= 0.3 is 0 Å². The van der Waals surface area contributed by atoms with Crippen molar-refractivity contribution in [1.82, 2.24) is 0 Å². The average Bonchev–Trinajstić information content (AvgIpc) is 1.99. The van der Waals surface area contributed by atoms with Crippen LogP contribution in [0.4, 0.5) is 0 Å². The Hall–Kier alpha value is 1.40. The molecule has 0 N–H and O–H groups in total. The molecule has 1 aliphatic carbocycles. The van der Waals surface area contributed by atoms with E-state index < -0.39 is 0 Å². The third-order valence-electron chi connectivity index (χ3n) is 2.14. The van der Waals surface area contributed by atoms with Gasteiger partial charge in [-0.3, -0.25) is 0 Å². The van der Waals surface area contributed by atoms with Crippen molar-refractivity contribution in [3.8, 4) is 0 Å². The van der Waals surface area contributed by atoms with Crippen LogP contribution >= 0.6 is 63.7 Å². The third kappa shape index (κ3) is 1.91. The van der Waals surface area contributed by atoms with Crippen LogP contribution in [0.3, 0.4) is 0 Å². The Morgan fingerprint density at radius 1 is 1.33 bits per heavy atom. The fourth-order valence-corrected chi connectivity index (χ4v) is 3.65. The van der Waals surface area contributed by atoms with Gasteiger partial charge in [-0.15, -0.1) is 0 Å². The van der Waals surface area contributed by atoms with Gasteiger partial charge in [0.2, 0.25) is 0 Å². The van der Waals surface area contributed by atoms with Gasteiger partial charge in [0.05, 0.1) is 4.32 Å². The first-order chi connectivity index (χ1) is 5.37. The molecule has 1 aliphatic rings. The summed E-state index contributed by atoms with van der Waals surface area (Å²) < 4.78 is 3.48. The number of alkyl halides is 1. The summed E-state index contributed by atoms with van der Waals surface area (Å²) in [6.45, 7) is 4.33. The molecule has 4 heteroatoms. The smallest absolute Gasteiger partial charge is 0.0614 e. The van der Waals surface area contributed by atoms with Gasteiger partial charge in [0.15, 0.2) is 0 Å². The summed E-state index contributed by atoms with van der Waals surface area (Å²) in [4.78, 5) is 0. The minimum atomic E-state index is 0.00308. The van der Waals surface area contributed by atoms with E-state index in [2.05, 4.69) is 83.6 Å². The van der Waals surface area contributed by atoms with Crippen LogP contribution in [0.1, 0.15) is 13.8 Å². The van der Waals surface area contributed by atoms with E-state index in [1.807, 2.05) is 0 Å². The lowest BCUT2D eigenvalue weighted by Gasteiger charge is -2.33. The second kappa shape index (κ2) is 3.87. The molecule has 0 aromatic carbocycles. The van der Waals surface area contributed by atoms with Crippen LogP contribution in [-0.2, 0) is 0 Å². The molecule has 68 valence electrons. The van der Waals surface area contributed by atoms with Crippen LogP contribution in [0.5, 0.6) is 0 Å². The first kappa shape index (κ1) is 11.5. The Morgan fingerprint density at radius 3 is 2.33 bits per heavy atom. The van der Waals surface area contributed by atoms with Crippen molar-refractivity contribution >= 4 is 63.7 Å². The second-order valence-corrected chi connectivity index (χ2v) is 7.20. The van der Waals surface area contributed by atoms with Crippen LogP contribution < -0.4 is 0 Å². The first-order valence-electron chi connectivity index (χ1n) is 3.49. The van der Waals surface area contributed by atoms with Gasteiger partial charge in [-0.1, -0.05) is 54.7 Å². The van der Waals surface area contributed by atoms with Crippen LogP contribution in [0, 0.1) is 5.92 Å². The average molecular weight is 424 g/mol. The number of halogens is 4. The predicted molar refractivity (Wildman–Crippen MR) is 68.4 cm³/mol. The maximum absolute atomic E-state index is 3.69. The Labute approximate surface area is 106 Å². The van der Waals surface area contributed by atoms with Gasteiger partial charge in [0.25, 0.3) is 0 Å². The zero-order chi connectivity index (χ0) is 9.52. The highest BCUT2D eigenvalue weighted by molar-refractivity contribution is 9.15. The molecule has 0 amide bonds. The van der Waals surface area contributed by atoms with Gasteiger partial charge < -0.3 is 0 Å². The molecule has 0 aromatic heterocycles. The molecular weight excluding hydrogens is 416 g/mol. The molecule has 0 aromatic rings. The normalized spacial score (nSPS) is 36.8. The zero-order valence-corrected chi connectivity index (χ0v) is 13.0. The van der Waals surface area contributed by atoms with E-state index >= 15 is 0 Å². The Bertz CT molecular complexity index is 262. The van der Waals surface area contributed by atoms with Gasteiger partial charge in [0.1, 0.15) is 0 Å². The molecule has 0 radical (unpaired) electrons. The molecular formula is C8H8Br4. The van der Waals surface area contributed by atoms with E-state index in [4.69, 9.17) is 0 Å². The number of allylic oxidation sites excluding steroid dienone is 4. The number of hydrogen-bond donors (Lipinski definition) is 0. The van der Waals surface area contributed by atoms with Gasteiger partial charge in [0, 0.05) is 19.4 Å². The summed E-state index contributed by atoms with van der Waals surface area (Å²) in [6, 6.07) is 0. The van der Waals surface area contributed by atoms with Crippen molar-refractivity contribution < 1.29 is 0 Å². The molecule has 0 unspecified atom stereocenters. The van der Waals surface area contributed by atoms with Gasteiger partial charge in [-0.2, -0.15) is 0 Å². The van der Waals surface area contributed by atoms with Crippen LogP contribution in [-0.4, -0.2) is 4.32 Å². The van der Waals surface area contributed by atoms with E-state index in [0.29, 0.717) is 5.92 Å². The maximum atomic E-state index is 3.69. The molecule has 0 spiro atoms. The highest BCUT2D eigenvalue weighted by Crippen LogP contribution is 2.49. The molecule has 0 bridgehead atoms. The third-order valence-corrected chi connectivity index (χ3v) is 7.14. The summed E-state index contributed by atoms with van der Waals surface area (Å²) >= 11 is 14.3. The van der Waals surface area contributed by atoms with E-state index in [1.54, 1.807) is 0 Å². The molecule has 0 heterocycles. The molecule has 0 saturated heterocycles. The van der Waals surface area contributed by atoms with Crippen LogP contribution in [0.2, 0.25) is 0 Å². The first-order valence-corrected chi connectivity index (χ1v) is 6.66. The Morgan fingerprint density at radius 2 is 1.83 bits per heavy atom. The summed E-state index contributed by atoms with van der Waals surface area (Å²) in [5.41, 5.74) is 0. The van der Waals surface area contributed by atoms with Crippen molar-refractivity contribution in [2.24, 2.45) is 5.92 Å². The Balaban J connectivity index is 3.16. The largest absolute Gasteiger partial charge is 0.0792 e. The molecule has 1 rings (SSSR count). The van der Waals surface area contributed by atoms with Crippen molar-refractivity contribution in [3.05, 3.63) is 19.5 Å². The second-order valence-electron chi connectivity index (χ2n) is 2.99. The SMILES string of the molecule is C[C@H]1C(Br)=C(Br)C=C(Br)[C@]1(C)Br. The molecule has 0 fully saturated rings. The summed E-state index contributed by atoms with van der Waals surface area (Å²) in [5, 5.41) is 0. The number of hydrogen-bond acceptors (Lipinski definition) is 0. The molecule has 0 saturated carbocycles. The highest BCUT2D eigenvalue weighted by Gasteiger charge is 2.36. The monoisotopic (exact) mass is 420 g/mol. The van der Waals surface area contributed by atoms with E-state index in [0.717, 1.165) is 8.96 Å². The van der Waals surface area contributed by atoms with Crippen LogP contribution in [0.25, 0.3) is 0 Å². The van der Waals surface area contributed by atoms with Crippen molar-refractivity contribution in [3.63, 3.8) is 0 Å². The summed E-state index contributed by atoms with van der Waals surface area (Å²) in [7, 11) is 0. The van der Waals surface area contributed by atoms with E-state index in [1.165, 1.54) is 4.48 Å². The highest BCUT2D eigenvalue weighted by atomic mass is 79.9. The molecule has 0 aliphatic heterocycles. The van der Waals surface area contributed by atoms with Crippen molar-refractivity contribution in [1.29, 1.82) is 0 Å². The lowest BCUT2D eigenvalue weighted by atomic mass is 9.91. The maximum Gasteiger partial charge on any atom is 0.0614 e. The molecule has 12 heavy (non-hydrogen) atoms. The molecule has 0 nitrogen and oxygen atoms in total. The van der Waals surface area contributed by atoms with Crippen molar-refractivity contribution in [2.75, 3.05) is 0 Å². The summed E-state index contributed by atoms with van der Waals surface area (Å²) in [6.07, 6.45) is 2.07. The molecule has 2 atom stereocenters. The predicted octanol–water partition coefficient (Wildman–Crippen LogP) is 5.07. The number of rotatable bonds is 0. The van der Waals surface area contributed by atoms with E-state index in [9.17, 15) is 0 Å². The fraction of sp³-hybridized carbons (Fsp3) is 0.500. The van der Waals surface area contributed by atoms with E-state index in [-0.39, 0.29) is 4.32 Å². The fourth-order valence-electron chi connectivity index (χ4n) is 0.973. The Kier molecular flexibility index (Phi) is 3.70. The zero-order valence-electron chi connectivity index (χ0n) is 6.67.